The number of ether oxygens (including phenoxy) is 1. The van der Waals surface area contributed by atoms with Crippen LogP contribution in [0.1, 0.15) is 25.5 Å². The van der Waals surface area contributed by atoms with Crippen LogP contribution in [-0.4, -0.2) is 12.5 Å². The van der Waals surface area contributed by atoms with Gasteiger partial charge in [-0.25, -0.2) is 0 Å². The monoisotopic (exact) mass is 259 g/mol. The molecule has 0 saturated carbocycles. The summed E-state index contributed by atoms with van der Waals surface area (Å²) in [6.45, 7) is 3.97. The van der Waals surface area contributed by atoms with Crippen LogP contribution in [-0.2, 0) is 4.79 Å². The van der Waals surface area contributed by atoms with Crippen LogP contribution in [0.2, 0.25) is 0 Å². The molecule has 2 unspecified atom stereocenters. The Balaban J connectivity index is 2.29. The highest BCUT2D eigenvalue weighted by Crippen LogP contribution is 2.33. The number of benzene rings is 1. The van der Waals surface area contributed by atoms with Crippen LogP contribution in [0.5, 0.6) is 5.75 Å². The molecule has 0 spiro atoms. The molecule has 5 heteroatoms. The number of rotatable bonds is 3. The first-order chi connectivity index (χ1) is 9.02. The molecule has 1 amide bonds. The van der Waals surface area contributed by atoms with E-state index < -0.39 is 0 Å². The zero-order valence-corrected chi connectivity index (χ0v) is 11.0. The van der Waals surface area contributed by atoms with Crippen molar-refractivity contribution in [3.8, 4) is 11.8 Å². The van der Waals surface area contributed by atoms with Crippen LogP contribution in [0.25, 0.3) is 0 Å². The highest BCUT2D eigenvalue weighted by Gasteiger charge is 2.24. The molecular formula is C14H17N3O2. The van der Waals surface area contributed by atoms with Gasteiger partial charge < -0.3 is 15.8 Å². The van der Waals surface area contributed by atoms with E-state index in [9.17, 15) is 10.1 Å². The quantitative estimate of drug-likeness (QED) is 0.866. The van der Waals surface area contributed by atoms with E-state index in [4.69, 9.17) is 10.5 Å². The summed E-state index contributed by atoms with van der Waals surface area (Å²) >= 11 is 0. The second-order valence-electron chi connectivity index (χ2n) is 5.02. The zero-order chi connectivity index (χ0) is 14.0. The molecule has 100 valence electrons. The second-order valence-corrected chi connectivity index (χ2v) is 5.02. The van der Waals surface area contributed by atoms with Crippen molar-refractivity contribution in [3.05, 3.63) is 23.8 Å². The Hall–Kier alpha value is -2.06. The summed E-state index contributed by atoms with van der Waals surface area (Å²) in [4.78, 5) is 11.3. The van der Waals surface area contributed by atoms with E-state index in [1.165, 1.54) is 0 Å². The number of fused-ring (bicyclic) bond motifs is 1. The molecule has 1 aliphatic heterocycles. The first-order valence-corrected chi connectivity index (χ1v) is 6.24. The van der Waals surface area contributed by atoms with Crippen molar-refractivity contribution >= 4 is 11.6 Å². The van der Waals surface area contributed by atoms with E-state index in [1.54, 1.807) is 12.1 Å². The Morgan fingerprint density at radius 3 is 2.84 bits per heavy atom. The minimum Gasteiger partial charge on any atom is -0.482 e. The third-order valence-corrected chi connectivity index (χ3v) is 3.28. The maximum atomic E-state index is 11.3. The summed E-state index contributed by atoms with van der Waals surface area (Å²) in [5.41, 5.74) is 7.58. The zero-order valence-electron chi connectivity index (χ0n) is 11.0. The van der Waals surface area contributed by atoms with Gasteiger partial charge in [0.15, 0.2) is 6.61 Å². The highest BCUT2D eigenvalue weighted by atomic mass is 16.5. The van der Waals surface area contributed by atoms with Gasteiger partial charge in [0, 0.05) is 6.04 Å². The summed E-state index contributed by atoms with van der Waals surface area (Å²) < 4.78 is 5.29. The molecule has 1 aromatic rings. The third-order valence-electron chi connectivity index (χ3n) is 3.28. The fourth-order valence-electron chi connectivity index (χ4n) is 2.16. The molecule has 0 saturated heterocycles. The van der Waals surface area contributed by atoms with Crippen LogP contribution in [0, 0.1) is 23.2 Å². The van der Waals surface area contributed by atoms with Crippen molar-refractivity contribution in [1.29, 1.82) is 5.26 Å². The van der Waals surface area contributed by atoms with Crippen LogP contribution < -0.4 is 15.8 Å². The number of carbonyl (C=O) groups excluding carboxylic acids is 1. The minimum absolute atomic E-state index is 0.0330. The highest BCUT2D eigenvalue weighted by molar-refractivity contribution is 5.95. The van der Waals surface area contributed by atoms with Gasteiger partial charge in [-0.05, 0) is 23.6 Å². The van der Waals surface area contributed by atoms with Crippen molar-refractivity contribution in [2.45, 2.75) is 19.9 Å². The van der Waals surface area contributed by atoms with E-state index in [-0.39, 0.29) is 30.4 Å². The number of nitrogens with two attached hydrogens (primary N) is 1. The van der Waals surface area contributed by atoms with Crippen LogP contribution >= 0.6 is 0 Å². The summed E-state index contributed by atoms with van der Waals surface area (Å²) in [5.74, 6) is 0.354. The fourth-order valence-corrected chi connectivity index (χ4v) is 2.16. The molecule has 1 heterocycles. The van der Waals surface area contributed by atoms with Crippen molar-refractivity contribution < 1.29 is 9.53 Å². The molecule has 5 nitrogen and oxygen atoms in total. The van der Waals surface area contributed by atoms with Crippen LogP contribution in [0.3, 0.4) is 0 Å². The van der Waals surface area contributed by atoms with Gasteiger partial charge in [-0.15, -0.1) is 0 Å². The standard InChI is InChI=1S/C14H17N3O2/c1-8(2)10(6-15)14(16)9-3-4-12-11(5-9)17-13(18)7-19-12/h3-5,8,10,14H,7,16H2,1-2H3,(H,17,18). The molecule has 0 bridgehead atoms. The lowest BCUT2D eigenvalue weighted by molar-refractivity contribution is -0.118. The predicted octanol–water partition coefficient (Wildman–Crippen LogP) is 1.81. The molecular weight excluding hydrogens is 242 g/mol. The lowest BCUT2D eigenvalue weighted by atomic mass is 9.86. The van der Waals surface area contributed by atoms with E-state index in [1.807, 2.05) is 19.9 Å². The maximum absolute atomic E-state index is 11.3. The van der Waals surface area contributed by atoms with E-state index >= 15 is 0 Å². The largest absolute Gasteiger partial charge is 0.482 e. The fraction of sp³-hybridized carbons (Fsp3) is 0.429. The molecule has 0 fully saturated rings. The molecule has 19 heavy (non-hydrogen) atoms. The summed E-state index contributed by atoms with van der Waals surface area (Å²) in [7, 11) is 0. The summed E-state index contributed by atoms with van der Waals surface area (Å²) in [6.07, 6.45) is 0. The van der Waals surface area contributed by atoms with Gasteiger partial charge in [0.05, 0.1) is 17.7 Å². The lowest BCUT2D eigenvalue weighted by Gasteiger charge is -2.24. The van der Waals surface area contributed by atoms with Gasteiger partial charge in [0.25, 0.3) is 5.91 Å². The molecule has 1 aromatic carbocycles. The molecule has 0 radical (unpaired) electrons. The molecule has 0 aliphatic carbocycles. The number of nitrogens with zero attached hydrogens (tertiary/aromatic N) is 1. The third kappa shape index (κ3) is 2.69. The smallest absolute Gasteiger partial charge is 0.262 e. The molecule has 1 aliphatic rings. The van der Waals surface area contributed by atoms with Gasteiger partial charge in [-0.1, -0.05) is 19.9 Å². The topological polar surface area (TPSA) is 88.1 Å². The van der Waals surface area contributed by atoms with Crippen molar-refractivity contribution in [2.24, 2.45) is 17.6 Å². The Morgan fingerprint density at radius 1 is 1.47 bits per heavy atom. The van der Waals surface area contributed by atoms with Gasteiger partial charge in [-0.2, -0.15) is 5.26 Å². The number of carbonyl (C=O) groups is 1. The van der Waals surface area contributed by atoms with Gasteiger partial charge >= 0.3 is 0 Å². The molecule has 2 rings (SSSR count). The maximum Gasteiger partial charge on any atom is 0.262 e. The number of nitrogens with one attached hydrogen (secondary N) is 1. The molecule has 2 atom stereocenters. The van der Waals surface area contributed by atoms with Gasteiger partial charge in [0.2, 0.25) is 0 Å². The predicted molar refractivity (Wildman–Crippen MR) is 71.4 cm³/mol. The number of nitriles is 1. The van der Waals surface area contributed by atoms with Gasteiger partial charge in [-0.3, -0.25) is 4.79 Å². The Morgan fingerprint density at radius 2 is 2.21 bits per heavy atom. The van der Waals surface area contributed by atoms with E-state index in [2.05, 4.69) is 11.4 Å². The number of hydrogen-bond donors (Lipinski definition) is 2. The number of hydrogen-bond acceptors (Lipinski definition) is 4. The SMILES string of the molecule is CC(C)C(C#N)C(N)c1ccc2c(c1)NC(=O)CO2. The van der Waals surface area contributed by atoms with Gasteiger partial charge in [0.1, 0.15) is 5.75 Å². The number of anilines is 1. The Bertz CT molecular complexity index is 534. The Labute approximate surface area is 112 Å². The average molecular weight is 259 g/mol. The first-order valence-electron chi connectivity index (χ1n) is 6.24. The lowest BCUT2D eigenvalue weighted by Crippen LogP contribution is -2.27. The van der Waals surface area contributed by atoms with E-state index in [0.717, 1.165) is 5.56 Å². The average Bonchev–Trinajstić information content (AvgIpc) is 2.38. The Kier molecular flexibility index (Phi) is 3.72. The van der Waals surface area contributed by atoms with E-state index in [0.29, 0.717) is 11.4 Å². The summed E-state index contributed by atoms with van der Waals surface area (Å²) in [6, 6.07) is 7.26. The minimum atomic E-state index is -0.380. The molecule has 3 N–H and O–H groups in total. The first kappa shape index (κ1) is 13.4. The second kappa shape index (κ2) is 5.29. The number of amides is 1. The van der Waals surface area contributed by atoms with Crippen molar-refractivity contribution in [1.82, 2.24) is 0 Å². The van der Waals surface area contributed by atoms with Crippen LogP contribution in [0.4, 0.5) is 5.69 Å². The van der Waals surface area contributed by atoms with Crippen LogP contribution in [0.15, 0.2) is 18.2 Å². The summed E-state index contributed by atoms with van der Waals surface area (Å²) in [5, 5.41) is 11.9. The normalized spacial score (nSPS) is 16.9. The van der Waals surface area contributed by atoms with Crippen molar-refractivity contribution in [2.75, 3.05) is 11.9 Å². The molecule has 0 aromatic heterocycles. The van der Waals surface area contributed by atoms with Crippen molar-refractivity contribution in [3.63, 3.8) is 0 Å².